The minimum Gasteiger partial charge on any atom is -0.461 e. The molecule has 2 amide bonds. The molecular formula is C31H40N2O7. The molecule has 0 aromatic heterocycles. The number of nitrogens with zero attached hydrogens (tertiary/aromatic N) is 2. The van der Waals surface area contributed by atoms with Crippen molar-refractivity contribution in [2.24, 2.45) is 0 Å². The summed E-state index contributed by atoms with van der Waals surface area (Å²) in [7, 11) is 0. The van der Waals surface area contributed by atoms with Crippen LogP contribution < -0.4 is 0 Å². The summed E-state index contributed by atoms with van der Waals surface area (Å²) in [5.74, 6) is -1.31. The molecule has 0 bridgehead atoms. The van der Waals surface area contributed by atoms with Gasteiger partial charge in [0.2, 0.25) is 5.91 Å². The monoisotopic (exact) mass is 552 g/mol. The van der Waals surface area contributed by atoms with Crippen molar-refractivity contribution in [2.45, 2.75) is 77.7 Å². The molecule has 0 saturated carbocycles. The number of carbonyl (C=O) groups is 4. The van der Waals surface area contributed by atoms with E-state index >= 15 is 0 Å². The van der Waals surface area contributed by atoms with Crippen LogP contribution in [-0.4, -0.2) is 65.0 Å². The van der Waals surface area contributed by atoms with E-state index < -0.39 is 29.7 Å². The van der Waals surface area contributed by atoms with Crippen molar-refractivity contribution >= 4 is 23.9 Å². The van der Waals surface area contributed by atoms with Gasteiger partial charge in [0.15, 0.2) is 0 Å². The van der Waals surface area contributed by atoms with Crippen LogP contribution in [0.1, 0.15) is 64.0 Å². The number of piperidine rings is 1. The van der Waals surface area contributed by atoms with E-state index in [1.807, 2.05) is 60.7 Å². The second-order valence-corrected chi connectivity index (χ2v) is 10.8. The molecule has 9 heteroatoms. The average molecular weight is 553 g/mol. The van der Waals surface area contributed by atoms with Crippen molar-refractivity contribution in [3.8, 4) is 0 Å². The van der Waals surface area contributed by atoms with Crippen molar-refractivity contribution in [1.29, 1.82) is 0 Å². The van der Waals surface area contributed by atoms with Gasteiger partial charge in [-0.2, -0.15) is 0 Å². The van der Waals surface area contributed by atoms with E-state index in [0.29, 0.717) is 19.4 Å². The lowest BCUT2D eigenvalue weighted by Crippen LogP contribution is -2.54. The van der Waals surface area contributed by atoms with Gasteiger partial charge in [-0.15, -0.1) is 0 Å². The second-order valence-electron chi connectivity index (χ2n) is 10.8. The number of hydrogen-bond acceptors (Lipinski definition) is 7. The standard InChI is InChI=1S/C31H40N2O7/c1-31(2,3)40-28(35)21-32(19-12-18-27(34)38-22-24-13-6-4-7-14-24)29(36)26-17-10-11-20-33(26)30(37)39-23-25-15-8-5-9-16-25/h4-9,13-16,26H,10-12,17-23H2,1-3H3/t26-/m1/s1. The predicted molar refractivity (Wildman–Crippen MR) is 149 cm³/mol. The first-order valence-electron chi connectivity index (χ1n) is 13.8. The third kappa shape index (κ3) is 10.4. The van der Waals surface area contributed by atoms with Crippen molar-refractivity contribution in [1.82, 2.24) is 9.80 Å². The second kappa shape index (κ2) is 15.1. The number of rotatable bonds is 11. The molecule has 1 fully saturated rings. The molecule has 0 radical (unpaired) electrons. The molecule has 216 valence electrons. The van der Waals surface area contributed by atoms with Crippen LogP contribution in [0, 0.1) is 0 Å². The molecule has 40 heavy (non-hydrogen) atoms. The molecule has 1 aliphatic heterocycles. The van der Waals surface area contributed by atoms with Gasteiger partial charge in [-0.1, -0.05) is 60.7 Å². The molecule has 3 rings (SSSR count). The quantitative estimate of drug-likeness (QED) is 0.289. The number of hydrogen-bond donors (Lipinski definition) is 0. The van der Waals surface area contributed by atoms with Crippen LogP contribution in [0.4, 0.5) is 4.79 Å². The topological polar surface area (TPSA) is 102 Å². The highest BCUT2D eigenvalue weighted by Crippen LogP contribution is 2.21. The zero-order valence-corrected chi connectivity index (χ0v) is 23.7. The molecule has 9 nitrogen and oxygen atoms in total. The van der Waals surface area contributed by atoms with E-state index in [-0.39, 0.29) is 38.6 Å². The highest BCUT2D eigenvalue weighted by molar-refractivity contribution is 5.88. The molecule has 1 saturated heterocycles. The number of carbonyl (C=O) groups excluding carboxylic acids is 4. The summed E-state index contributed by atoms with van der Waals surface area (Å²) in [5, 5.41) is 0. The zero-order valence-electron chi connectivity index (χ0n) is 23.7. The highest BCUT2D eigenvalue weighted by atomic mass is 16.6. The normalized spacial score (nSPS) is 15.2. The van der Waals surface area contributed by atoms with Crippen LogP contribution in [0.25, 0.3) is 0 Å². The Morgan fingerprint density at radius 3 is 2.05 bits per heavy atom. The highest BCUT2D eigenvalue weighted by Gasteiger charge is 2.36. The largest absolute Gasteiger partial charge is 0.461 e. The lowest BCUT2D eigenvalue weighted by molar-refractivity contribution is -0.160. The van der Waals surface area contributed by atoms with E-state index in [1.54, 1.807) is 20.8 Å². The molecule has 1 aliphatic rings. The minimum atomic E-state index is -0.760. The smallest absolute Gasteiger partial charge is 0.410 e. The van der Waals surface area contributed by atoms with Gasteiger partial charge in [-0.25, -0.2) is 4.79 Å². The van der Waals surface area contributed by atoms with Crippen LogP contribution in [-0.2, 0) is 41.8 Å². The van der Waals surface area contributed by atoms with Gasteiger partial charge in [0.25, 0.3) is 0 Å². The van der Waals surface area contributed by atoms with E-state index in [1.165, 1.54) is 9.80 Å². The Labute approximate surface area is 236 Å². The Balaban J connectivity index is 1.62. The van der Waals surface area contributed by atoms with Crippen molar-refractivity contribution in [3.05, 3.63) is 71.8 Å². The van der Waals surface area contributed by atoms with Crippen LogP contribution in [0.15, 0.2) is 60.7 Å². The molecule has 2 aromatic rings. The van der Waals surface area contributed by atoms with Crippen molar-refractivity contribution in [3.63, 3.8) is 0 Å². The summed E-state index contributed by atoms with van der Waals surface area (Å²) in [4.78, 5) is 54.5. The Bertz CT molecular complexity index is 1120. The first-order chi connectivity index (χ1) is 19.1. The van der Waals surface area contributed by atoms with Gasteiger partial charge in [0.1, 0.15) is 31.4 Å². The molecule has 0 unspecified atom stereocenters. The van der Waals surface area contributed by atoms with Gasteiger partial charge in [-0.05, 0) is 57.6 Å². The number of benzene rings is 2. The summed E-state index contributed by atoms with van der Waals surface area (Å²) in [6.07, 6.45) is 1.80. The van der Waals surface area contributed by atoms with Crippen LogP contribution >= 0.6 is 0 Å². The Kier molecular flexibility index (Phi) is 11.5. The summed E-state index contributed by atoms with van der Waals surface area (Å²) in [5.41, 5.74) is 1.01. The zero-order chi connectivity index (χ0) is 29.0. The molecular weight excluding hydrogens is 512 g/mol. The molecule has 2 aromatic carbocycles. The lowest BCUT2D eigenvalue weighted by Gasteiger charge is -2.37. The van der Waals surface area contributed by atoms with Crippen LogP contribution in [0.2, 0.25) is 0 Å². The van der Waals surface area contributed by atoms with E-state index in [0.717, 1.165) is 24.0 Å². The fraction of sp³-hybridized carbons (Fsp3) is 0.484. The summed E-state index contributed by atoms with van der Waals surface area (Å²) in [6, 6.07) is 17.9. The van der Waals surface area contributed by atoms with Gasteiger partial charge in [0.05, 0.1) is 0 Å². The van der Waals surface area contributed by atoms with Crippen LogP contribution in [0.3, 0.4) is 0 Å². The Morgan fingerprint density at radius 2 is 1.45 bits per heavy atom. The summed E-state index contributed by atoms with van der Waals surface area (Å²) < 4.78 is 16.3. The van der Waals surface area contributed by atoms with Gasteiger partial charge < -0.3 is 19.1 Å². The first kappa shape index (κ1) is 30.7. The fourth-order valence-corrected chi connectivity index (χ4v) is 4.44. The van der Waals surface area contributed by atoms with Gasteiger partial charge in [0, 0.05) is 19.5 Å². The molecule has 0 spiro atoms. The molecule has 0 N–H and O–H groups in total. The van der Waals surface area contributed by atoms with E-state index in [4.69, 9.17) is 14.2 Å². The number of esters is 2. The minimum absolute atomic E-state index is 0.0818. The van der Waals surface area contributed by atoms with E-state index in [9.17, 15) is 19.2 Å². The van der Waals surface area contributed by atoms with Crippen molar-refractivity contribution in [2.75, 3.05) is 19.6 Å². The fourth-order valence-electron chi connectivity index (χ4n) is 4.44. The summed E-state index contributed by atoms with van der Waals surface area (Å²) >= 11 is 0. The maximum atomic E-state index is 13.7. The van der Waals surface area contributed by atoms with Gasteiger partial charge in [-0.3, -0.25) is 19.3 Å². The molecule has 0 aliphatic carbocycles. The average Bonchev–Trinajstić information content (AvgIpc) is 2.94. The van der Waals surface area contributed by atoms with Crippen molar-refractivity contribution < 1.29 is 33.4 Å². The maximum Gasteiger partial charge on any atom is 0.410 e. The third-order valence-electron chi connectivity index (χ3n) is 6.33. The molecule has 1 atom stereocenters. The SMILES string of the molecule is CC(C)(C)OC(=O)CN(CCCC(=O)OCc1ccccc1)C(=O)[C@H]1CCCCN1C(=O)OCc1ccccc1. The number of likely N-dealkylation sites (tertiary alicyclic amines) is 1. The first-order valence-corrected chi connectivity index (χ1v) is 13.8. The van der Waals surface area contributed by atoms with Crippen LogP contribution in [0.5, 0.6) is 0 Å². The third-order valence-corrected chi connectivity index (χ3v) is 6.33. The molecule has 1 heterocycles. The van der Waals surface area contributed by atoms with E-state index in [2.05, 4.69) is 0 Å². The number of ether oxygens (including phenoxy) is 3. The Morgan fingerprint density at radius 1 is 0.850 bits per heavy atom. The maximum absolute atomic E-state index is 13.7. The van der Waals surface area contributed by atoms with Gasteiger partial charge >= 0.3 is 18.0 Å². The summed E-state index contributed by atoms with van der Waals surface area (Å²) in [6.45, 7) is 5.78. The Hall–Kier alpha value is -3.88. The number of amides is 2. The lowest BCUT2D eigenvalue weighted by atomic mass is 10.0. The predicted octanol–water partition coefficient (Wildman–Crippen LogP) is 4.87.